The average molecular weight is 348 g/mol. The van der Waals surface area contributed by atoms with Gasteiger partial charge in [0.1, 0.15) is 0 Å². The Labute approximate surface area is 143 Å². The summed E-state index contributed by atoms with van der Waals surface area (Å²) in [5.74, 6) is -0.811. The fourth-order valence-corrected chi connectivity index (χ4v) is 2.54. The lowest BCUT2D eigenvalue weighted by molar-refractivity contribution is 0.0698. The monoisotopic (exact) mass is 347 g/mol. The van der Waals surface area contributed by atoms with Gasteiger partial charge in [-0.2, -0.15) is 0 Å². The van der Waals surface area contributed by atoms with Gasteiger partial charge in [0.15, 0.2) is 11.5 Å². The smallest absolute Gasteiger partial charge is 0.337 e. The van der Waals surface area contributed by atoms with E-state index < -0.39 is 11.9 Å². The van der Waals surface area contributed by atoms with Crippen LogP contribution >= 0.6 is 11.6 Å². The number of para-hydroxylation sites is 1. The molecule has 0 saturated carbocycles. The van der Waals surface area contributed by atoms with Crippen molar-refractivity contribution in [3.05, 3.63) is 52.5 Å². The fourth-order valence-electron chi connectivity index (χ4n) is 2.36. The van der Waals surface area contributed by atoms with Crippen molar-refractivity contribution in [1.29, 1.82) is 0 Å². The zero-order chi connectivity index (χ0) is 17.1. The van der Waals surface area contributed by atoms with Crippen LogP contribution in [-0.2, 0) is 0 Å². The molecule has 7 heteroatoms. The number of carbonyl (C=O) groups excluding carboxylic acids is 1. The quantitative estimate of drug-likeness (QED) is 0.888. The average Bonchev–Trinajstić information content (AvgIpc) is 2.81. The minimum atomic E-state index is -1.18. The molecule has 2 aromatic carbocycles. The van der Waals surface area contributed by atoms with Crippen molar-refractivity contribution in [3.8, 4) is 11.5 Å². The molecule has 0 atom stereocenters. The van der Waals surface area contributed by atoms with Gasteiger partial charge in [-0.1, -0.05) is 17.7 Å². The highest BCUT2D eigenvalue weighted by Crippen LogP contribution is 2.34. The van der Waals surface area contributed by atoms with E-state index in [4.69, 9.17) is 21.1 Å². The van der Waals surface area contributed by atoms with E-state index in [2.05, 4.69) is 5.32 Å². The van der Waals surface area contributed by atoms with Crippen LogP contribution in [0.5, 0.6) is 11.5 Å². The Bertz CT molecular complexity index is 806. The third-order valence-electron chi connectivity index (χ3n) is 3.48. The SMILES string of the molecule is O=C(O)c1cc(Cl)ccc1NC(=O)c1cccc2c1OCCCO2. The van der Waals surface area contributed by atoms with Crippen molar-refractivity contribution in [3.63, 3.8) is 0 Å². The maximum Gasteiger partial charge on any atom is 0.337 e. The summed E-state index contributed by atoms with van der Waals surface area (Å²) in [6.07, 6.45) is 0.718. The summed E-state index contributed by atoms with van der Waals surface area (Å²) >= 11 is 5.81. The van der Waals surface area contributed by atoms with Crippen LogP contribution < -0.4 is 14.8 Å². The second-order valence-corrected chi connectivity index (χ2v) is 5.57. The highest BCUT2D eigenvalue weighted by Gasteiger charge is 2.21. The van der Waals surface area contributed by atoms with Gasteiger partial charge in [0.2, 0.25) is 0 Å². The Kier molecular flexibility index (Phi) is 4.57. The second-order valence-electron chi connectivity index (χ2n) is 5.13. The largest absolute Gasteiger partial charge is 0.490 e. The first-order valence-corrected chi connectivity index (χ1v) is 7.67. The van der Waals surface area contributed by atoms with Crippen LogP contribution in [0.25, 0.3) is 0 Å². The van der Waals surface area contributed by atoms with Gasteiger partial charge in [0, 0.05) is 11.4 Å². The van der Waals surface area contributed by atoms with Crippen LogP contribution in [0.1, 0.15) is 27.1 Å². The lowest BCUT2D eigenvalue weighted by Crippen LogP contribution is -2.16. The number of ether oxygens (including phenoxy) is 2. The number of anilines is 1. The molecule has 1 heterocycles. The summed E-state index contributed by atoms with van der Waals surface area (Å²) in [4.78, 5) is 23.9. The molecular weight excluding hydrogens is 334 g/mol. The number of carboxylic acids is 1. The molecule has 1 aliphatic heterocycles. The first kappa shape index (κ1) is 16.1. The van der Waals surface area contributed by atoms with Crippen molar-refractivity contribution < 1.29 is 24.2 Å². The maximum atomic E-state index is 12.6. The predicted octanol–water partition coefficient (Wildman–Crippen LogP) is 3.45. The Balaban J connectivity index is 1.93. The molecule has 124 valence electrons. The van der Waals surface area contributed by atoms with Gasteiger partial charge in [0.05, 0.1) is 30.0 Å². The number of aromatic carboxylic acids is 1. The van der Waals surface area contributed by atoms with Gasteiger partial charge in [0.25, 0.3) is 5.91 Å². The Morgan fingerprint density at radius 1 is 1.08 bits per heavy atom. The molecule has 0 radical (unpaired) electrons. The van der Waals surface area contributed by atoms with Gasteiger partial charge in [-0.3, -0.25) is 4.79 Å². The van der Waals surface area contributed by atoms with Crippen molar-refractivity contribution in [1.82, 2.24) is 0 Å². The lowest BCUT2D eigenvalue weighted by atomic mass is 10.1. The number of carboxylic acid groups (broad SMARTS) is 1. The number of carbonyl (C=O) groups is 2. The molecule has 6 nitrogen and oxygen atoms in total. The van der Waals surface area contributed by atoms with E-state index in [9.17, 15) is 14.7 Å². The van der Waals surface area contributed by atoms with Crippen LogP contribution in [0.4, 0.5) is 5.69 Å². The molecule has 0 bridgehead atoms. The molecule has 0 fully saturated rings. The maximum absolute atomic E-state index is 12.6. The molecule has 0 aliphatic carbocycles. The van der Waals surface area contributed by atoms with Crippen LogP contribution in [-0.4, -0.2) is 30.2 Å². The summed E-state index contributed by atoms with van der Waals surface area (Å²) < 4.78 is 11.2. The number of rotatable bonds is 3. The van der Waals surface area contributed by atoms with Crippen molar-refractivity contribution in [2.45, 2.75) is 6.42 Å². The van der Waals surface area contributed by atoms with Crippen LogP contribution in [0.2, 0.25) is 5.02 Å². The number of fused-ring (bicyclic) bond motifs is 1. The first-order valence-electron chi connectivity index (χ1n) is 7.29. The van der Waals surface area contributed by atoms with E-state index in [1.807, 2.05) is 0 Å². The van der Waals surface area contributed by atoms with Crippen LogP contribution in [0, 0.1) is 0 Å². The molecule has 3 rings (SSSR count). The lowest BCUT2D eigenvalue weighted by Gasteiger charge is -2.13. The van der Waals surface area contributed by atoms with Gasteiger partial charge in [-0.25, -0.2) is 4.79 Å². The van der Waals surface area contributed by atoms with E-state index in [0.717, 1.165) is 6.42 Å². The Hall–Kier alpha value is -2.73. The van der Waals surface area contributed by atoms with E-state index in [0.29, 0.717) is 24.7 Å². The third-order valence-corrected chi connectivity index (χ3v) is 3.71. The van der Waals surface area contributed by atoms with E-state index in [1.54, 1.807) is 18.2 Å². The van der Waals surface area contributed by atoms with Crippen molar-refractivity contribution >= 4 is 29.2 Å². The van der Waals surface area contributed by atoms with Gasteiger partial charge < -0.3 is 19.9 Å². The topological polar surface area (TPSA) is 84.9 Å². The van der Waals surface area contributed by atoms with Crippen molar-refractivity contribution in [2.24, 2.45) is 0 Å². The summed E-state index contributed by atoms with van der Waals surface area (Å²) in [6, 6.07) is 9.24. The third kappa shape index (κ3) is 3.28. The molecule has 0 unspecified atom stereocenters. The first-order chi connectivity index (χ1) is 11.6. The summed E-state index contributed by atoms with van der Waals surface area (Å²) in [5.41, 5.74) is 0.347. The number of hydrogen-bond acceptors (Lipinski definition) is 4. The highest BCUT2D eigenvalue weighted by atomic mass is 35.5. The number of nitrogens with one attached hydrogen (secondary N) is 1. The number of halogens is 1. The molecule has 1 aliphatic rings. The molecule has 0 aromatic heterocycles. The normalized spacial score (nSPS) is 13.0. The standard InChI is InChI=1S/C17H14ClNO5/c18-10-5-6-13(12(9-10)17(21)22)19-16(20)11-3-1-4-14-15(11)24-8-2-7-23-14/h1,3-6,9H,2,7-8H2,(H,19,20)(H,21,22). The number of hydrogen-bond donors (Lipinski definition) is 2. The molecular formula is C17H14ClNO5. The molecule has 1 amide bonds. The fraction of sp³-hybridized carbons (Fsp3) is 0.176. The summed E-state index contributed by atoms with van der Waals surface area (Å²) in [6.45, 7) is 0.955. The zero-order valence-corrected chi connectivity index (χ0v) is 13.3. The minimum Gasteiger partial charge on any atom is -0.490 e. The van der Waals surface area contributed by atoms with Crippen LogP contribution in [0.15, 0.2) is 36.4 Å². The van der Waals surface area contributed by atoms with Gasteiger partial charge in [-0.05, 0) is 30.3 Å². The number of benzene rings is 2. The molecule has 0 spiro atoms. The summed E-state index contributed by atoms with van der Waals surface area (Å²) in [5, 5.41) is 12.1. The molecule has 24 heavy (non-hydrogen) atoms. The zero-order valence-electron chi connectivity index (χ0n) is 12.5. The Morgan fingerprint density at radius 3 is 2.67 bits per heavy atom. The Morgan fingerprint density at radius 2 is 1.88 bits per heavy atom. The molecule has 2 N–H and O–H groups in total. The predicted molar refractivity (Wildman–Crippen MR) is 88.4 cm³/mol. The highest BCUT2D eigenvalue weighted by molar-refractivity contribution is 6.31. The van der Waals surface area contributed by atoms with Gasteiger partial charge in [-0.15, -0.1) is 0 Å². The van der Waals surface area contributed by atoms with Crippen LogP contribution in [0.3, 0.4) is 0 Å². The van der Waals surface area contributed by atoms with E-state index in [1.165, 1.54) is 18.2 Å². The second kappa shape index (κ2) is 6.80. The van der Waals surface area contributed by atoms with Gasteiger partial charge >= 0.3 is 5.97 Å². The summed E-state index contributed by atoms with van der Waals surface area (Å²) in [7, 11) is 0. The molecule has 2 aromatic rings. The molecule has 0 saturated heterocycles. The number of amides is 1. The van der Waals surface area contributed by atoms with Crippen molar-refractivity contribution in [2.75, 3.05) is 18.5 Å². The van der Waals surface area contributed by atoms with E-state index >= 15 is 0 Å². The van der Waals surface area contributed by atoms with E-state index in [-0.39, 0.29) is 21.8 Å². The minimum absolute atomic E-state index is 0.0879.